The number of anilines is 1. The SMILES string of the molecule is Cc1cc(N)ccc1-c1ccc(F)c(Cl)c1. The zero-order valence-corrected chi connectivity index (χ0v) is 9.55. The van der Waals surface area contributed by atoms with E-state index in [-0.39, 0.29) is 5.02 Å². The quantitative estimate of drug-likeness (QED) is 0.742. The van der Waals surface area contributed by atoms with Gasteiger partial charge in [-0.05, 0) is 47.9 Å². The Hall–Kier alpha value is -1.54. The van der Waals surface area contributed by atoms with Crippen LogP contribution in [0.5, 0.6) is 0 Å². The third kappa shape index (κ3) is 2.02. The molecule has 0 atom stereocenters. The molecule has 2 aromatic rings. The number of benzene rings is 2. The van der Waals surface area contributed by atoms with E-state index in [2.05, 4.69) is 0 Å². The van der Waals surface area contributed by atoms with E-state index in [0.717, 1.165) is 22.4 Å². The lowest BCUT2D eigenvalue weighted by atomic mass is 10.00. The van der Waals surface area contributed by atoms with Gasteiger partial charge in [-0.1, -0.05) is 23.7 Å². The lowest BCUT2D eigenvalue weighted by Crippen LogP contribution is -1.89. The Morgan fingerprint density at radius 2 is 1.88 bits per heavy atom. The van der Waals surface area contributed by atoms with Crippen molar-refractivity contribution in [3.8, 4) is 11.1 Å². The van der Waals surface area contributed by atoms with Crippen LogP contribution in [0.3, 0.4) is 0 Å². The fraction of sp³-hybridized carbons (Fsp3) is 0.0769. The van der Waals surface area contributed by atoms with E-state index in [9.17, 15) is 4.39 Å². The predicted octanol–water partition coefficient (Wildman–Crippen LogP) is 4.04. The van der Waals surface area contributed by atoms with Crippen LogP contribution in [0, 0.1) is 12.7 Å². The van der Waals surface area contributed by atoms with Crippen molar-refractivity contribution in [3.63, 3.8) is 0 Å². The van der Waals surface area contributed by atoms with Crippen molar-refractivity contribution < 1.29 is 4.39 Å². The van der Waals surface area contributed by atoms with E-state index >= 15 is 0 Å². The molecular formula is C13H11ClFN. The van der Waals surface area contributed by atoms with Crippen LogP contribution in [-0.4, -0.2) is 0 Å². The smallest absolute Gasteiger partial charge is 0.141 e. The summed E-state index contributed by atoms with van der Waals surface area (Å²) < 4.78 is 13.0. The van der Waals surface area contributed by atoms with Gasteiger partial charge in [0, 0.05) is 5.69 Å². The van der Waals surface area contributed by atoms with Crippen LogP contribution in [0.25, 0.3) is 11.1 Å². The molecule has 0 radical (unpaired) electrons. The molecule has 0 fully saturated rings. The minimum atomic E-state index is -0.404. The van der Waals surface area contributed by atoms with Gasteiger partial charge in [-0.2, -0.15) is 0 Å². The number of aryl methyl sites for hydroxylation is 1. The summed E-state index contributed by atoms with van der Waals surface area (Å²) in [6, 6.07) is 10.3. The van der Waals surface area contributed by atoms with Crippen molar-refractivity contribution in [2.75, 3.05) is 5.73 Å². The van der Waals surface area contributed by atoms with Crippen LogP contribution >= 0.6 is 11.6 Å². The zero-order valence-electron chi connectivity index (χ0n) is 8.80. The van der Waals surface area contributed by atoms with Crippen molar-refractivity contribution >= 4 is 17.3 Å². The molecule has 0 aliphatic rings. The van der Waals surface area contributed by atoms with Gasteiger partial charge in [-0.25, -0.2) is 4.39 Å². The molecule has 2 N–H and O–H groups in total. The van der Waals surface area contributed by atoms with Crippen molar-refractivity contribution in [2.45, 2.75) is 6.92 Å². The van der Waals surface area contributed by atoms with Gasteiger partial charge >= 0.3 is 0 Å². The average Bonchev–Trinajstić information content (AvgIpc) is 2.22. The molecule has 0 saturated heterocycles. The highest BCUT2D eigenvalue weighted by molar-refractivity contribution is 6.31. The number of halogens is 2. The molecule has 0 aromatic heterocycles. The summed E-state index contributed by atoms with van der Waals surface area (Å²) in [4.78, 5) is 0. The van der Waals surface area contributed by atoms with Crippen LogP contribution in [0.1, 0.15) is 5.56 Å². The van der Waals surface area contributed by atoms with Crippen molar-refractivity contribution in [3.05, 3.63) is 52.8 Å². The number of hydrogen-bond donors (Lipinski definition) is 1. The third-order valence-electron chi connectivity index (χ3n) is 2.48. The number of rotatable bonds is 1. The highest BCUT2D eigenvalue weighted by Gasteiger charge is 2.05. The van der Waals surface area contributed by atoms with E-state index in [1.165, 1.54) is 6.07 Å². The summed E-state index contributed by atoms with van der Waals surface area (Å²) in [6.07, 6.45) is 0. The van der Waals surface area contributed by atoms with Crippen LogP contribution in [0.4, 0.5) is 10.1 Å². The molecule has 0 heterocycles. The highest BCUT2D eigenvalue weighted by atomic mass is 35.5. The number of nitrogen functional groups attached to an aromatic ring is 1. The number of nitrogens with two attached hydrogens (primary N) is 1. The second-order valence-electron chi connectivity index (χ2n) is 3.70. The third-order valence-corrected chi connectivity index (χ3v) is 2.77. The summed E-state index contributed by atoms with van der Waals surface area (Å²) in [7, 11) is 0. The molecule has 3 heteroatoms. The second kappa shape index (κ2) is 4.14. The van der Waals surface area contributed by atoms with Crippen LogP contribution in [0.15, 0.2) is 36.4 Å². The minimum absolute atomic E-state index is 0.133. The van der Waals surface area contributed by atoms with E-state index in [0.29, 0.717) is 0 Å². The number of hydrogen-bond acceptors (Lipinski definition) is 1. The molecule has 0 saturated carbocycles. The Morgan fingerprint density at radius 3 is 2.50 bits per heavy atom. The van der Waals surface area contributed by atoms with Gasteiger partial charge in [-0.15, -0.1) is 0 Å². The van der Waals surface area contributed by atoms with Gasteiger partial charge in [0.05, 0.1) is 5.02 Å². The van der Waals surface area contributed by atoms with E-state index in [1.54, 1.807) is 12.1 Å². The summed E-state index contributed by atoms with van der Waals surface area (Å²) in [5.41, 5.74) is 9.34. The largest absolute Gasteiger partial charge is 0.399 e. The minimum Gasteiger partial charge on any atom is -0.399 e. The molecule has 0 unspecified atom stereocenters. The van der Waals surface area contributed by atoms with Crippen LogP contribution < -0.4 is 5.73 Å². The molecule has 82 valence electrons. The molecule has 2 rings (SSSR count). The van der Waals surface area contributed by atoms with Gasteiger partial charge in [0.25, 0.3) is 0 Å². The maximum Gasteiger partial charge on any atom is 0.141 e. The van der Waals surface area contributed by atoms with Crippen molar-refractivity contribution in [2.24, 2.45) is 0 Å². The standard InChI is InChI=1S/C13H11ClFN/c1-8-6-10(16)3-4-11(8)9-2-5-13(15)12(14)7-9/h2-7H,16H2,1H3. The van der Waals surface area contributed by atoms with Gasteiger partial charge in [-0.3, -0.25) is 0 Å². The summed E-state index contributed by atoms with van der Waals surface area (Å²) in [5, 5.41) is 0.133. The van der Waals surface area contributed by atoms with Gasteiger partial charge in [0.1, 0.15) is 5.82 Å². The Balaban J connectivity index is 2.54. The fourth-order valence-electron chi connectivity index (χ4n) is 1.67. The molecule has 0 aliphatic heterocycles. The normalized spacial score (nSPS) is 10.4. The first-order chi connectivity index (χ1) is 7.58. The molecule has 2 aromatic carbocycles. The first-order valence-corrected chi connectivity index (χ1v) is 5.27. The molecule has 0 spiro atoms. The zero-order chi connectivity index (χ0) is 11.7. The van der Waals surface area contributed by atoms with Crippen LogP contribution in [0.2, 0.25) is 5.02 Å². The summed E-state index contributed by atoms with van der Waals surface area (Å²) in [5.74, 6) is -0.404. The van der Waals surface area contributed by atoms with Gasteiger partial charge in [0.15, 0.2) is 0 Å². The fourth-order valence-corrected chi connectivity index (χ4v) is 1.85. The first kappa shape index (κ1) is 11.0. The second-order valence-corrected chi connectivity index (χ2v) is 4.11. The topological polar surface area (TPSA) is 26.0 Å². The van der Waals surface area contributed by atoms with E-state index in [1.807, 2.05) is 25.1 Å². The van der Waals surface area contributed by atoms with Gasteiger partial charge in [0.2, 0.25) is 0 Å². The molecule has 16 heavy (non-hydrogen) atoms. The van der Waals surface area contributed by atoms with Crippen molar-refractivity contribution in [1.29, 1.82) is 0 Å². The maximum absolute atomic E-state index is 13.0. The Kier molecular flexibility index (Phi) is 2.84. The van der Waals surface area contributed by atoms with E-state index in [4.69, 9.17) is 17.3 Å². The van der Waals surface area contributed by atoms with Gasteiger partial charge < -0.3 is 5.73 Å². The maximum atomic E-state index is 13.0. The monoisotopic (exact) mass is 235 g/mol. The lowest BCUT2D eigenvalue weighted by Gasteiger charge is -2.07. The highest BCUT2D eigenvalue weighted by Crippen LogP contribution is 2.28. The lowest BCUT2D eigenvalue weighted by molar-refractivity contribution is 0.628. The molecule has 0 aliphatic carbocycles. The molecule has 1 nitrogen and oxygen atoms in total. The summed E-state index contributed by atoms with van der Waals surface area (Å²) >= 11 is 5.75. The Morgan fingerprint density at radius 1 is 1.12 bits per heavy atom. The Bertz CT molecular complexity index is 537. The average molecular weight is 236 g/mol. The van der Waals surface area contributed by atoms with E-state index < -0.39 is 5.82 Å². The van der Waals surface area contributed by atoms with Crippen LogP contribution in [-0.2, 0) is 0 Å². The predicted molar refractivity (Wildman–Crippen MR) is 66.0 cm³/mol. The van der Waals surface area contributed by atoms with Crippen molar-refractivity contribution in [1.82, 2.24) is 0 Å². The molecule has 0 amide bonds. The molecular weight excluding hydrogens is 225 g/mol. The Labute approximate surface area is 98.7 Å². The molecule has 0 bridgehead atoms. The summed E-state index contributed by atoms with van der Waals surface area (Å²) in [6.45, 7) is 1.96. The first-order valence-electron chi connectivity index (χ1n) is 4.89.